The van der Waals surface area contributed by atoms with Crippen LogP contribution in [-0.2, 0) is 39.3 Å². The number of carbonyl (C=O) groups is 1. The van der Waals surface area contributed by atoms with Gasteiger partial charge in [0.25, 0.3) is 5.91 Å². The molecule has 0 bridgehead atoms. The number of fused-ring (bicyclic) bond motifs is 1. The van der Waals surface area contributed by atoms with E-state index in [1.165, 1.54) is 17.4 Å². The Morgan fingerprint density at radius 1 is 1.05 bits per heavy atom. The molecule has 5 heterocycles. The van der Waals surface area contributed by atoms with Crippen LogP contribution >= 0.6 is 11.3 Å². The predicted octanol–water partition coefficient (Wildman–Crippen LogP) is 5.51. The maximum Gasteiger partial charge on any atom is 0.416 e. The maximum absolute atomic E-state index is 13.8. The number of hydrogen-bond acceptors (Lipinski definition) is 7. The molecule has 6 rings (SSSR count). The van der Waals surface area contributed by atoms with Crippen LogP contribution in [0, 0.1) is 0 Å². The van der Waals surface area contributed by atoms with Crippen LogP contribution in [0.5, 0.6) is 0 Å². The van der Waals surface area contributed by atoms with Crippen molar-refractivity contribution in [2.75, 3.05) is 39.0 Å². The number of benzene rings is 1. The predicted molar refractivity (Wildman–Crippen MR) is 165 cm³/mol. The summed E-state index contributed by atoms with van der Waals surface area (Å²) in [6.07, 6.45) is 4.64. The fraction of sp³-hybridized carbons (Fsp3) is 0.406. The van der Waals surface area contributed by atoms with Crippen LogP contribution < -0.4 is 5.32 Å². The molecule has 1 fully saturated rings. The second-order valence-electron chi connectivity index (χ2n) is 12.0. The van der Waals surface area contributed by atoms with Gasteiger partial charge in [0.05, 0.1) is 17.3 Å². The van der Waals surface area contributed by atoms with Gasteiger partial charge < -0.3 is 10.2 Å². The molecule has 1 amide bonds. The average molecular weight is 624 g/mol. The summed E-state index contributed by atoms with van der Waals surface area (Å²) in [7, 11) is 5.93. The Kier molecular flexibility index (Phi) is 8.60. The van der Waals surface area contributed by atoms with Crippen molar-refractivity contribution in [1.82, 2.24) is 29.5 Å². The van der Waals surface area contributed by atoms with Crippen LogP contribution in [0.15, 0.2) is 54.4 Å². The van der Waals surface area contributed by atoms with Gasteiger partial charge in [-0.3, -0.25) is 24.3 Å². The van der Waals surface area contributed by atoms with Gasteiger partial charge in [0.2, 0.25) is 0 Å². The van der Waals surface area contributed by atoms with Gasteiger partial charge in [0.1, 0.15) is 0 Å². The van der Waals surface area contributed by atoms with Crippen molar-refractivity contribution in [2.45, 2.75) is 44.7 Å². The van der Waals surface area contributed by atoms with Crippen LogP contribution in [0.2, 0.25) is 0 Å². The SMILES string of the molecule is CN(C)[C@@H]1CCN(Cc2cc(NC(=O)c3csc4c3CCN(Cc3cncc(-c5cnn(C)c5)c3)C4)cc(C(F)(F)F)c2)C1. The lowest BCUT2D eigenvalue weighted by atomic mass is 10.0. The highest BCUT2D eigenvalue weighted by Gasteiger charge is 2.32. The van der Waals surface area contributed by atoms with Crippen LogP contribution in [0.1, 0.15) is 43.9 Å². The van der Waals surface area contributed by atoms with Crippen LogP contribution in [-0.4, -0.2) is 75.1 Å². The number of aromatic nitrogens is 3. The number of alkyl halides is 3. The van der Waals surface area contributed by atoms with E-state index < -0.39 is 11.7 Å². The third kappa shape index (κ3) is 6.88. The molecule has 12 heteroatoms. The zero-order valence-corrected chi connectivity index (χ0v) is 25.9. The van der Waals surface area contributed by atoms with Crippen molar-refractivity contribution in [2.24, 2.45) is 7.05 Å². The Hall–Kier alpha value is -3.58. The number of nitrogens with zero attached hydrogens (tertiary/aromatic N) is 6. The van der Waals surface area contributed by atoms with Crippen molar-refractivity contribution in [3.8, 4) is 11.1 Å². The van der Waals surface area contributed by atoms with E-state index in [0.717, 1.165) is 65.8 Å². The number of rotatable bonds is 8. The number of carbonyl (C=O) groups excluding carboxylic acids is 1. The molecule has 44 heavy (non-hydrogen) atoms. The summed E-state index contributed by atoms with van der Waals surface area (Å²) in [5.41, 5.74) is 4.59. The maximum atomic E-state index is 13.8. The number of thiophene rings is 1. The lowest BCUT2D eigenvalue weighted by molar-refractivity contribution is -0.137. The minimum Gasteiger partial charge on any atom is -0.322 e. The summed E-state index contributed by atoms with van der Waals surface area (Å²) in [5, 5.41) is 8.86. The van der Waals surface area contributed by atoms with Gasteiger partial charge in [0.15, 0.2) is 0 Å². The van der Waals surface area contributed by atoms with Crippen molar-refractivity contribution in [3.63, 3.8) is 0 Å². The lowest BCUT2D eigenvalue weighted by Gasteiger charge is -2.27. The molecule has 0 radical (unpaired) electrons. The first-order valence-corrected chi connectivity index (χ1v) is 15.6. The highest BCUT2D eigenvalue weighted by molar-refractivity contribution is 7.10. The van der Waals surface area contributed by atoms with Crippen molar-refractivity contribution < 1.29 is 18.0 Å². The monoisotopic (exact) mass is 623 g/mol. The standard InChI is InChI=1S/C32H36F3N7OS/c1-39(2)27-4-6-41(18-27)15-21-9-25(32(33,34)35)11-26(10-21)38-31(43)29-20-44-30-19-42(7-5-28(29)30)16-22-8-23(13-36-12-22)24-14-37-40(3)17-24/h8-14,17,20,27H,4-7,15-16,18-19H2,1-3H3,(H,38,43)/t27-/m1/s1. The Balaban J connectivity index is 1.13. The molecular weight excluding hydrogens is 587 g/mol. The first-order chi connectivity index (χ1) is 21.0. The van der Waals surface area contributed by atoms with E-state index in [4.69, 9.17) is 0 Å². The number of likely N-dealkylation sites (N-methyl/N-ethyl adjacent to an activating group) is 1. The minimum absolute atomic E-state index is 0.168. The summed E-state index contributed by atoms with van der Waals surface area (Å²) in [6, 6.07) is 6.41. The zero-order chi connectivity index (χ0) is 31.0. The van der Waals surface area contributed by atoms with E-state index in [2.05, 4.69) is 36.2 Å². The molecule has 0 unspecified atom stereocenters. The molecule has 1 atom stereocenters. The molecule has 2 aliphatic heterocycles. The topological polar surface area (TPSA) is 69.5 Å². The van der Waals surface area contributed by atoms with Crippen molar-refractivity contribution in [3.05, 3.63) is 87.1 Å². The molecule has 232 valence electrons. The van der Waals surface area contributed by atoms with Gasteiger partial charge in [-0.1, -0.05) is 0 Å². The summed E-state index contributed by atoms with van der Waals surface area (Å²) < 4.78 is 43.2. The van der Waals surface area contributed by atoms with Crippen LogP contribution in [0.3, 0.4) is 0 Å². The second-order valence-corrected chi connectivity index (χ2v) is 13.0. The molecular formula is C32H36F3N7OS. The van der Waals surface area contributed by atoms with E-state index in [1.54, 1.807) is 10.7 Å². The summed E-state index contributed by atoms with van der Waals surface area (Å²) >= 11 is 1.52. The average Bonchev–Trinajstić information content (AvgIpc) is 3.72. The quantitative estimate of drug-likeness (QED) is 0.279. The van der Waals surface area contributed by atoms with E-state index >= 15 is 0 Å². The summed E-state index contributed by atoms with van der Waals surface area (Å²) in [4.78, 5) is 25.6. The van der Waals surface area contributed by atoms with Crippen molar-refractivity contribution >= 4 is 22.9 Å². The minimum atomic E-state index is -4.51. The molecule has 0 aliphatic carbocycles. The number of hydrogen-bond donors (Lipinski definition) is 1. The van der Waals surface area contributed by atoms with Crippen LogP contribution in [0.4, 0.5) is 18.9 Å². The van der Waals surface area contributed by atoms with Gasteiger partial charge in [-0.2, -0.15) is 18.3 Å². The van der Waals surface area contributed by atoms with E-state index in [9.17, 15) is 18.0 Å². The Morgan fingerprint density at radius 2 is 1.86 bits per heavy atom. The fourth-order valence-corrected chi connectivity index (χ4v) is 7.24. The molecule has 0 saturated carbocycles. The highest BCUT2D eigenvalue weighted by Crippen LogP contribution is 2.34. The lowest BCUT2D eigenvalue weighted by Crippen LogP contribution is -2.31. The van der Waals surface area contributed by atoms with Gasteiger partial charge in [-0.05, 0) is 67.9 Å². The largest absolute Gasteiger partial charge is 0.416 e. The fourth-order valence-electron chi connectivity index (χ4n) is 6.12. The Bertz CT molecular complexity index is 1650. The van der Waals surface area contributed by atoms with Gasteiger partial charge in [0, 0.05) is 98.0 Å². The third-order valence-electron chi connectivity index (χ3n) is 8.47. The number of pyridine rings is 1. The van der Waals surface area contributed by atoms with Crippen molar-refractivity contribution in [1.29, 1.82) is 0 Å². The number of anilines is 1. The highest BCUT2D eigenvalue weighted by atomic mass is 32.1. The van der Waals surface area contributed by atoms with Crippen LogP contribution in [0.25, 0.3) is 11.1 Å². The number of aryl methyl sites for hydroxylation is 1. The smallest absolute Gasteiger partial charge is 0.322 e. The van der Waals surface area contributed by atoms with E-state index in [0.29, 0.717) is 36.7 Å². The number of amides is 1. The zero-order valence-electron chi connectivity index (χ0n) is 25.1. The molecule has 1 saturated heterocycles. The summed E-state index contributed by atoms with van der Waals surface area (Å²) in [6.45, 7) is 4.21. The molecule has 4 aromatic rings. The number of halogens is 3. The van der Waals surface area contributed by atoms with Gasteiger partial charge in [-0.15, -0.1) is 11.3 Å². The van der Waals surface area contributed by atoms with E-state index in [-0.39, 0.29) is 11.6 Å². The molecule has 0 spiro atoms. The first kappa shape index (κ1) is 30.4. The third-order valence-corrected chi connectivity index (χ3v) is 9.49. The normalized spacial score (nSPS) is 17.8. The summed E-state index contributed by atoms with van der Waals surface area (Å²) in [5.74, 6) is -0.372. The first-order valence-electron chi connectivity index (χ1n) is 14.7. The van der Waals surface area contributed by atoms with E-state index in [1.807, 2.05) is 51.3 Å². The van der Waals surface area contributed by atoms with Gasteiger partial charge >= 0.3 is 6.18 Å². The molecule has 8 nitrogen and oxygen atoms in total. The molecule has 2 aliphatic rings. The number of nitrogens with one attached hydrogen (secondary N) is 1. The Morgan fingerprint density at radius 3 is 2.59 bits per heavy atom. The molecule has 1 N–H and O–H groups in total. The number of likely N-dealkylation sites (tertiary alicyclic amines) is 1. The second kappa shape index (κ2) is 12.4. The molecule has 3 aromatic heterocycles. The van der Waals surface area contributed by atoms with Gasteiger partial charge in [-0.25, -0.2) is 0 Å². The molecule has 1 aromatic carbocycles. The Labute approximate surface area is 259 Å².